The Morgan fingerprint density at radius 2 is 1.73 bits per heavy atom. The van der Waals surface area contributed by atoms with E-state index in [1.54, 1.807) is 0 Å². The number of alkyl halides is 3. The van der Waals surface area contributed by atoms with Crippen molar-refractivity contribution in [3.63, 3.8) is 0 Å². The van der Waals surface area contributed by atoms with Crippen molar-refractivity contribution in [3.8, 4) is 0 Å². The van der Waals surface area contributed by atoms with Crippen LogP contribution in [0.5, 0.6) is 0 Å². The van der Waals surface area contributed by atoms with E-state index in [0.717, 1.165) is 26.2 Å². The number of halogens is 4. The van der Waals surface area contributed by atoms with Crippen LogP contribution in [0.15, 0.2) is 4.99 Å². The summed E-state index contributed by atoms with van der Waals surface area (Å²) < 4.78 is 42.5. The molecule has 0 atom stereocenters. The number of hydrogen-bond donors (Lipinski definition) is 1. The summed E-state index contributed by atoms with van der Waals surface area (Å²) in [4.78, 5) is 24.2. The number of carbonyl (C=O) groups excluding carboxylic acids is 1. The van der Waals surface area contributed by atoms with Crippen molar-refractivity contribution in [3.05, 3.63) is 0 Å². The Balaban J connectivity index is 0.00000450. The molecule has 2 aliphatic rings. The van der Waals surface area contributed by atoms with Gasteiger partial charge in [-0.25, -0.2) is 0 Å². The second kappa shape index (κ2) is 13.5. The second-order valence-electron chi connectivity index (χ2n) is 7.34. The predicted molar refractivity (Wildman–Crippen MR) is 120 cm³/mol. The number of guanidine groups is 1. The van der Waals surface area contributed by atoms with Gasteiger partial charge < -0.3 is 19.9 Å². The number of morpholine rings is 1. The predicted octanol–water partition coefficient (Wildman–Crippen LogP) is 0.540. The topological polar surface area (TPSA) is 63.7 Å². The molecule has 2 aliphatic heterocycles. The van der Waals surface area contributed by atoms with Crippen LogP contribution in [0.25, 0.3) is 0 Å². The van der Waals surface area contributed by atoms with Crippen LogP contribution in [-0.2, 0) is 9.53 Å². The number of aliphatic imine (C=N–C) groups is 1. The van der Waals surface area contributed by atoms with Gasteiger partial charge in [-0.2, -0.15) is 13.2 Å². The molecule has 30 heavy (non-hydrogen) atoms. The smallest absolute Gasteiger partial charge is 0.378 e. The van der Waals surface area contributed by atoms with Crippen molar-refractivity contribution in [2.75, 3.05) is 92.3 Å². The van der Waals surface area contributed by atoms with Crippen molar-refractivity contribution in [2.24, 2.45) is 4.99 Å². The third-order valence-corrected chi connectivity index (χ3v) is 4.92. The molecule has 2 fully saturated rings. The summed E-state index contributed by atoms with van der Waals surface area (Å²) in [5.74, 6) is 0.849. The SMILES string of the molecule is CCNC(=NCCN(C)CC(F)(F)F)N1CCN(CC(=O)N2CCOCC2)CC1.I. The number of likely N-dealkylation sites (N-methyl/N-ethyl adjacent to an activating group) is 1. The monoisotopic (exact) mass is 550 g/mol. The Hall–Kier alpha value is -0.860. The Labute approximate surface area is 193 Å². The van der Waals surface area contributed by atoms with Crippen LogP contribution in [0, 0.1) is 0 Å². The zero-order chi connectivity index (χ0) is 21.3. The molecule has 0 aromatic rings. The molecule has 0 aliphatic carbocycles. The number of rotatable bonds is 7. The maximum absolute atomic E-state index is 12.4. The van der Waals surface area contributed by atoms with Gasteiger partial charge in [-0.05, 0) is 14.0 Å². The molecule has 0 saturated carbocycles. The summed E-state index contributed by atoms with van der Waals surface area (Å²) >= 11 is 0. The fraction of sp³-hybridized carbons (Fsp3) is 0.889. The lowest BCUT2D eigenvalue weighted by Crippen LogP contribution is -2.55. The summed E-state index contributed by atoms with van der Waals surface area (Å²) in [6.45, 7) is 8.09. The van der Waals surface area contributed by atoms with E-state index >= 15 is 0 Å². The largest absolute Gasteiger partial charge is 0.401 e. The van der Waals surface area contributed by atoms with E-state index in [4.69, 9.17) is 4.74 Å². The number of nitrogens with zero attached hydrogens (tertiary/aromatic N) is 5. The van der Waals surface area contributed by atoms with Crippen molar-refractivity contribution in [2.45, 2.75) is 13.1 Å². The molecule has 2 saturated heterocycles. The van der Waals surface area contributed by atoms with Crippen LogP contribution in [0.1, 0.15) is 6.92 Å². The Morgan fingerprint density at radius 1 is 1.10 bits per heavy atom. The molecule has 8 nitrogen and oxygen atoms in total. The lowest BCUT2D eigenvalue weighted by atomic mass is 10.3. The molecule has 0 radical (unpaired) electrons. The van der Waals surface area contributed by atoms with E-state index in [1.165, 1.54) is 11.9 Å². The van der Waals surface area contributed by atoms with E-state index in [2.05, 4.69) is 20.1 Å². The highest BCUT2D eigenvalue weighted by molar-refractivity contribution is 14.0. The van der Waals surface area contributed by atoms with E-state index in [0.29, 0.717) is 51.9 Å². The number of piperazine rings is 1. The molecule has 0 unspecified atom stereocenters. The van der Waals surface area contributed by atoms with Gasteiger partial charge in [0, 0.05) is 52.4 Å². The number of nitrogens with one attached hydrogen (secondary N) is 1. The molecule has 2 heterocycles. The van der Waals surface area contributed by atoms with Crippen molar-refractivity contribution in [1.82, 2.24) is 24.9 Å². The van der Waals surface area contributed by atoms with Gasteiger partial charge in [-0.1, -0.05) is 0 Å². The number of amides is 1. The van der Waals surface area contributed by atoms with Gasteiger partial charge in [0.05, 0.1) is 32.8 Å². The fourth-order valence-corrected chi connectivity index (χ4v) is 3.36. The van der Waals surface area contributed by atoms with Crippen LogP contribution in [-0.4, -0.2) is 130 Å². The maximum atomic E-state index is 12.4. The summed E-state index contributed by atoms with van der Waals surface area (Å²) in [6, 6.07) is 0. The minimum absolute atomic E-state index is 0. The van der Waals surface area contributed by atoms with Gasteiger partial charge in [-0.15, -0.1) is 24.0 Å². The van der Waals surface area contributed by atoms with Gasteiger partial charge in [0.1, 0.15) is 0 Å². The highest BCUT2D eigenvalue weighted by Crippen LogP contribution is 2.15. The first-order chi connectivity index (χ1) is 13.8. The number of carbonyl (C=O) groups is 1. The van der Waals surface area contributed by atoms with E-state index in [-0.39, 0.29) is 36.4 Å². The second-order valence-corrected chi connectivity index (χ2v) is 7.34. The van der Waals surface area contributed by atoms with Gasteiger partial charge in [0.25, 0.3) is 0 Å². The zero-order valence-corrected chi connectivity index (χ0v) is 20.1. The van der Waals surface area contributed by atoms with Crippen LogP contribution < -0.4 is 5.32 Å². The Kier molecular flexibility index (Phi) is 12.3. The average Bonchev–Trinajstić information content (AvgIpc) is 2.67. The summed E-state index contributed by atoms with van der Waals surface area (Å²) in [6.07, 6.45) is -4.20. The molecule has 176 valence electrons. The summed E-state index contributed by atoms with van der Waals surface area (Å²) in [5.41, 5.74) is 0. The quantitative estimate of drug-likeness (QED) is 0.284. The number of ether oxygens (including phenoxy) is 1. The molecule has 0 bridgehead atoms. The summed E-state index contributed by atoms with van der Waals surface area (Å²) in [5, 5.41) is 3.21. The minimum atomic E-state index is -4.20. The van der Waals surface area contributed by atoms with Crippen LogP contribution >= 0.6 is 24.0 Å². The van der Waals surface area contributed by atoms with Gasteiger partial charge >= 0.3 is 6.18 Å². The highest BCUT2D eigenvalue weighted by Gasteiger charge is 2.29. The molecular weight excluding hydrogens is 516 g/mol. The third kappa shape index (κ3) is 9.96. The lowest BCUT2D eigenvalue weighted by Gasteiger charge is -2.37. The first-order valence-electron chi connectivity index (χ1n) is 10.1. The fourth-order valence-electron chi connectivity index (χ4n) is 3.36. The highest BCUT2D eigenvalue weighted by atomic mass is 127. The normalized spacial score (nSPS) is 19.1. The summed E-state index contributed by atoms with van der Waals surface area (Å²) in [7, 11) is 1.44. The minimum Gasteiger partial charge on any atom is -0.378 e. The van der Waals surface area contributed by atoms with E-state index in [1.807, 2.05) is 11.8 Å². The van der Waals surface area contributed by atoms with Crippen LogP contribution in [0.3, 0.4) is 0 Å². The number of hydrogen-bond acceptors (Lipinski definition) is 5. The van der Waals surface area contributed by atoms with Gasteiger partial charge in [0.2, 0.25) is 5.91 Å². The Bertz CT molecular complexity index is 539. The molecule has 2 rings (SSSR count). The van der Waals surface area contributed by atoms with Crippen LogP contribution in [0.2, 0.25) is 0 Å². The van der Waals surface area contributed by atoms with Crippen molar-refractivity contribution >= 4 is 35.8 Å². The first-order valence-corrected chi connectivity index (χ1v) is 10.1. The standard InChI is InChI=1S/C18H33F3N6O2.HI/c1-3-22-17(23-4-5-24(2)15-18(19,20)21)27-8-6-25(7-9-27)14-16(28)26-10-12-29-13-11-26;/h3-15H2,1-2H3,(H,22,23);1H. The lowest BCUT2D eigenvalue weighted by molar-refractivity contribution is -0.142. The Morgan fingerprint density at radius 3 is 2.30 bits per heavy atom. The molecular formula is C18H34F3IN6O2. The van der Waals surface area contributed by atoms with Crippen molar-refractivity contribution in [1.29, 1.82) is 0 Å². The van der Waals surface area contributed by atoms with Gasteiger partial charge in [0.15, 0.2) is 5.96 Å². The first kappa shape index (κ1) is 27.2. The van der Waals surface area contributed by atoms with Crippen molar-refractivity contribution < 1.29 is 22.7 Å². The molecule has 1 amide bonds. The maximum Gasteiger partial charge on any atom is 0.401 e. The molecule has 0 aromatic carbocycles. The van der Waals surface area contributed by atoms with E-state index < -0.39 is 12.7 Å². The molecule has 12 heteroatoms. The van der Waals surface area contributed by atoms with Crippen LogP contribution in [0.4, 0.5) is 13.2 Å². The molecule has 0 spiro atoms. The van der Waals surface area contributed by atoms with Gasteiger partial charge in [-0.3, -0.25) is 19.6 Å². The molecule has 0 aromatic heterocycles. The average molecular weight is 550 g/mol. The van der Waals surface area contributed by atoms with E-state index in [9.17, 15) is 18.0 Å². The zero-order valence-electron chi connectivity index (χ0n) is 17.8. The molecule has 1 N–H and O–H groups in total. The third-order valence-electron chi connectivity index (χ3n) is 4.92.